The van der Waals surface area contributed by atoms with Crippen LogP contribution < -0.4 is 0 Å². The smallest absolute Gasteiger partial charge is 0.374 e. The van der Waals surface area contributed by atoms with Crippen LogP contribution in [0.15, 0.2) is 0 Å². The summed E-state index contributed by atoms with van der Waals surface area (Å²) in [6.45, 7) is 0. The van der Waals surface area contributed by atoms with Gasteiger partial charge in [0.2, 0.25) is 0 Å². The van der Waals surface area contributed by atoms with Crippen LogP contribution in [0.2, 0.25) is 0 Å². The standard InChI is InChI=1S/C9H11NO3/c11-7-9(4-1-5-9)10(6-2-3-6)8(12)13-7/h6H,1-5H2. The van der Waals surface area contributed by atoms with Gasteiger partial charge in [0.25, 0.3) is 0 Å². The van der Waals surface area contributed by atoms with Crippen molar-refractivity contribution in [2.24, 2.45) is 0 Å². The van der Waals surface area contributed by atoms with Crippen LogP contribution in [-0.4, -0.2) is 28.5 Å². The monoisotopic (exact) mass is 181 g/mol. The third kappa shape index (κ3) is 0.759. The van der Waals surface area contributed by atoms with Crippen molar-refractivity contribution in [2.75, 3.05) is 0 Å². The molecule has 1 spiro atoms. The molecular weight excluding hydrogens is 170 g/mol. The molecule has 1 saturated heterocycles. The number of hydrogen-bond donors (Lipinski definition) is 0. The molecule has 0 unspecified atom stereocenters. The van der Waals surface area contributed by atoms with E-state index in [1.165, 1.54) is 0 Å². The Morgan fingerprint density at radius 3 is 2.46 bits per heavy atom. The predicted octanol–water partition coefficient (Wildman–Crippen LogP) is 1.05. The summed E-state index contributed by atoms with van der Waals surface area (Å²) in [6.07, 6.45) is 4.29. The highest BCUT2D eigenvalue weighted by Crippen LogP contribution is 2.48. The van der Waals surface area contributed by atoms with Gasteiger partial charge >= 0.3 is 12.1 Å². The summed E-state index contributed by atoms with van der Waals surface area (Å²) in [5, 5.41) is 0. The summed E-state index contributed by atoms with van der Waals surface area (Å²) in [5.41, 5.74) is -0.530. The van der Waals surface area contributed by atoms with E-state index in [4.69, 9.17) is 0 Å². The fraction of sp³-hybridized carbons (Fsp3) is 0.778. The summed E-state index contributed by atoms with van der Waals surface area (Å²) in [4.78, 5) is 24.5. The van der Waals surface area contributed by atoms with Crippen LogP contribution in [0.5, 0.6) is 0 Å². The molecule has 2 aliphatic carbocycles. The van der Waals surface area contributed by atoms with Crippen LogP contribution in [0.1, 0.15) is 32.1 Å². The molecule has 0 atom stereocenters. The molecule has 3 fully saturated rings. The molecule has 1 amide bonds. The Morgan fingerprint density at radius 2 is 2.00 bits per heavy atom. The highest BCUT2D eigenvalue weighted by molar-refractivity contribution is 5.99. The zero-order valence-electron chi connectivity index (χ0n) is 7.28. The molecule has 0 aromatic carbocycles. The third-order valence-electron chi connectivity index (χ3n) is 3.31. The molecule has 4 heteroatoms. The Labute approximate surface area is 75.8 Å². The largest absolute Gasteiger partial charge is 0.418 e. The van der Waals surface area contributed by atoms with Crippen LogP contribution in [0, 0.1) is 0 Å². The number of amides is 1. The van der Waals surface area contributed by atoms with E-state index >= 15 is 0 Å². The van der Waals surface area contributed by atoms with Crippen molar-refractivity contribution in [2.45, 2.75) is 43.7 Å². The minimum absolute atomic E-state index is 0.291. The average Bonchev–Trinajstić information content (AvgIpc) is 2.74. The molecular formula is C9H11NO3. The highest BCUT2D eigenvalue weighted by Gasteiger charge is 2.62. The van der Waals surface area contributed by atoms with Crippen LogP contribution in [0.3, 0.4) is 0 Å². The molecule has 0 radical (unpaired) electrons. The van der Waals surface area contributed by atoms with Gasteiger partial charge in [-0.15, -0.1) is 0 Å². The van der Waals surface area contributed by atoms with Crippen molar-refractivity contribution in [1.82, 2.24) is 4.90 Å². The maximum atomic E-state index is 11.4. The van der Waals surface area contributed by atoms with Crippen molar-refractivity contribution >= 4 is 12.1 Å². The fourth-order valence-electron chi connectivity index (χ4n) is 2.28. The van der Waals surface area contributed by atoms with Crippen molar-refractivity contribution < 1.29 is 14.3 Å². The van der Waals surface area contributed by atoms with Gasteiger partial charge in [-0.2, -0.15) is 0 Å². The molecule has 4 nitrogen and oxygen atoms in total. The second-order valence-corrected chi connectivity index (χ2v) is 4.14. The number of cyclic esters (lactones) is 2. The summed E-state index contributed by atoms with van der Waals surface area (Å²) < 4.78 is 4.68. The van der Waals surface area contributed by atoms with E-state index in [1.807, 2.05) is 0 Å². The van der Waals surface area contributed by atoms with E-state index in [1.54, 1.807) is 4.90 Å². The number of carbonyl (C=O) groups excluding carboxylic acids is 2. The number of rotatable bonds is 1. The molecule has 0 N–H and O–H groups in total. The number of ether oxygens (including phenoxy) is 1. The Kier molecular flexibility index (Phi) is 1.16. The van der Waals surface area contributed by atoms with Gasteiger partial charge in [-0.05, 0) is 32.1 Å². The summed E-state index contributed by atoms with van der Waals surface area (Å²) in [7, 11) is 0. The first-order valence-electron chi connectivity index (χ1n) is 4.80. The number of nitrogens with zero attached hydrogens (tertiary/aromatic N) is 1. The van der Waals surface area contributed by atoms with Gasteiger partial charge in [0.1, 0.15) is 5.54 Å². The summed E-state index contributed by atoms with van der Waals surface area (Å²) in [6, 6.07) is 0.291. The first-order valence-corrected chi connectivity index (χ1v) is 4.80. The van der Waals surface area contributed by atoms with Crippen molar-refractivity contribution in [3.8, 4) is 0 Å². The van der Waals surface area contributed by atoms with E-state index in [0.29, 0.717) is 6.04 Å². The zero-order valence-corrected chi connectivity index (χ0v) is 7.28. The first-order chi connectivity index (χ1) is 6.24. The third-order valence-corrected chi connectivity index (χ3v) is 3.31. The van der Waals surface area contributed by atoms with Crippen LogP contribution in [-0.2, 0) is 9.53 Å². The lowest BCUT2D eigenvalue weighted by molar-refractivity contribution is -0.144. The Morgan fingerprint density at radius 1 is 1.31 bits per heavy atom. The Balaban J connectivity index is 1.96. The molecule has 13 heavy (non-hydrogen) atoms. The van der Waals surface area contributed by atoms with Gasteiger partial charge in [-0.25, -0.2) is 9.59 Å². The number of carbonyl (C=O) groups is 2. The van der Waals surface area contributed by atoms with Crippen molar-refractivity contribution in [3.05, 3.63) is 0 Å². The molecule has 1 aliphatic heterocycles. The number of hydrogen-bond acceptors (Lipinski definition) is 3. The van der Waals surface area contributed by atoms with E-state index in [-0.39, 0.29) is 5.97 Å². The molecule has 1 heterocycles. The summed E-state index contributed by atoms with van der Waals surface area (Å²) in [5.74, 6) is -0.310. The van der Waals surface area contributed by atoms with Gasteiger partial charge in [0.15, 0.2) is 0 Å². The minimum atomic E-state index is -0.530. The lowest BCUT2D eigenvalue weighted by atomic mass is 9.76. The van der Waals surface area contributed by atoms with Crippen LogP contribution in [0.4, 0.5) is 4.79 Å². The molecule has 0 aromatic heterocycles. The average molecular weight is 181 g/mol. The van der Waals surface area contributed by atoms with E-state index in [2.05, 4.69) is 4.74 Å². The molecule has 3 aliphatic rings. The molecule has 2 saturated carbocycles. The SMILES string of the molecule is O=C1OC(=O)C2(CCC2)N1C1CC1. The Bertz CT molecular complexity index is 291. The second-order valence-electron chi connectivity index (χ2n) is 4.14. The molecule has 0 bridgehead atoms. The quantitative estimate of drug-likeness (QED) is 0.448. The zero-order chi connectivity index (χ0) is 9.05. The molecule has 3 rings (SSSR count). The summed E-state index contributed by atoms with van der Waals surface area (Å²) >= 11 is 0. The maximum absolute atomic E-state index is 11.4. The normalized spacial score (nSPS) is 30.6. The van der Waals surface area contributed by atoms with Gasteiger partial charge in [0, 0.05) is 6.04 Å². The molecule has 0 aromatic rings. The lowest BCUT2D eigenvalue weighted by Crippen LogP contribution is -2.55. The maximum Gasteiger partial charge on any atom is 0.418 e. The van der Waals surface area contributed by atoms with E-state index in [9.17, 15) is 9.59 Å². The first kappa shape index (κ1) is 7.35. The highest BCUT2D eigenvalue weighted by atomic mass is 16.6. The van der Waals surface area contributed by atoms with E-state index < -0.39 is 11.6 Å². The van der Waals surface area contributed by atoms with Crippen molar-refractivity contribution in [3.63, 3.8) is 0 Å². The lowest BCUT2D eigenvalue weighted by Gasteiger charge is -2.40. The Hall–Kier alpha value is -1.06. The van der Waals surface area contributed by atoms with Crippen LogP contribution in [0.25, 0.3) is 0 Å². The predicted molar refractivity (Wildman–Crippen MR) is 42.9 cm³/mol. The van der Waals surface area contributed by atoms with Gasteiger partial charge < -0.3 is 4.74 Å². The van der Waals surface area contributed by atoms with Crippen LogP contribution >= 0.6 is 0 Å². The van der Waals surface area contributed by atoms with Gasteiger partial charge in [0.05, 0.1) is 0 Å². The topological polar surface area (TPSA) is 46.6 Å². The van der Waals surface area contributed by atoms with Gasteiger partial charge in [-0.3, -0.25) is 4.90 Å². The minimum Gasteiger partial charge on any atom is -0.374 e. The fourth-order valence-corrected chi connectivity index (χ4v) is 2.28. The van der Waals surface area contributed by atoms with E-state index in [0.717, 1.165) is 32.1 Å². The second kappa shape index (κ2) is 2.05. The number of esters is 1. The van der Waals surface area contributed by atoms with Crippen molar-refractivity contribution in [1.29, 1.82) is 0 Å². The molecule has 70 valence electrons. The van der Waals surface area contributed by atoms with Gasteiger partial charge in [-0.1, -0.05) is 0 Å².